The predicted octanol–water partition coefficient (Wildman–Crippen LogP) is 5.17. The molecule has 0 radical (unpaired) electrons. The van der Waals surface area contributed by atoms with Crippen molar-refractivity contribution in [1.82, 2.24) is 0 Å². The molecule has 0 spiro atoms. The molecular formula is C13H11F3S2. The van der Waals surface area contributed by atoms with Gasteiger partial charge in [0.05, 0.1) is 0 Å². The van der Waals surface area contributed by atoms with Crippen molar-refractivity contribution in [3.8, 4) is 11.1 Å². The van der Waals surface area contributed by atoms with E-state index in [0.717, 1.165) is 11.3 Å². The van der Waals surface area contributed by atoms with Gasteiger partial charge in [-0.05, 0) is 18.1 Å². The molecule has 0 amide bonds. The predicted molar refractivity (Wildman–Crippen MR) is 72.2 cm³/mol. The first-order chi connectivity index (χ1) is 8.45. The standard InChI is InChI=1S/C13H11F3S2/c1-8-10(7-17)18-12(13(14,15)16)11(8)9-5-3-2-4-6-9/h2-6,17H,7H2,1H3. The van der Waals surface area contributed by atoms with Gasteiger partial charge < -0.3 is 0 Å². The fraction of sp³-hybridized carbons (Fsp3) is 0.231. The van der Waals surface area contributed by atoms with Crippen molar-refractivity contribution in [3.05, 3.63) is 45.6 Å². The summed E-state index contributed by atoms with van der Waals surface area (Å²) >= 11 is 4.88. The van der Waals surface area contributed by atoms with Crippen LogP contribution in [0.15, 0.2) is 30.3 Å². The van der Waals surface area contributed by atoms with Crippen LogP contribution in [-0.2, 0) is 11.9 Å². The van der Waals surface area contributed by atoms with Gasteiger partial charge in [-0.15, -0.1) is 11.3 Å². The van der Waals surface area contributed by atoms with Gasteiger partial charge in [0, 0.05) is 16.2 Å². The van der Waals surface area contributed by atoms with E-state index in [4.69, 9.17) is 0 Å². The second-order valence-corrected chi connectivity index (χ2v) is 5.30. The number of thiol groups is 1. The molecular weight excluding hydrogens is 277 g/mol. The number of benzene rings is 1. The smallest absolute Gasteiger partial charge is 0.174 e. The number of thiophene rings is 1. The molecule has 5 heteroatoms. The Morgan fingerprint density at radius 1 is 1.17 bits per heavy atom. The lowest BCUT2D eigenvalue weighted by Crippen LogP contribution is -2.03. The molecule has 2 rings (SSSR count). The first-order valence-corrected chi connectivity index (χ1v) is 6.75. The highest BCUT2D eigenvalue weighted by molar-refractivity contribution is 7.79. The summed E-state index contributed by atoms with van der Waals surface area (Å²) in [5, 5.41) is 0. The van der Waals surface area contributed by atoms with E-state index in [1.807, 2.05) is 0 Å². The van der Waals surface area contributed by atoms with Crippen LogP contribution in [0.1, 0.15) is 15.3 Å². The third kappa shape index (κ3) is 2.42. The zero-order valence-electron chi connectivity index (χ0n) is 9.58. The van der Waals surface area contributed by atoms with Crippen molar-refractivity contribution in [2.75, 3.05) is 0 Å². The molecule has 0 bridgehead atoms. The Bertz CT molecular complexity index is 541. The second kappa shape index (κ2) is 4.97. The highest BCUT2D eigenvalue weighted by Crippen LogP contribution is 2.45. The topological polar surface area (TPSA) is 0 Å². The van der Waals surface area contributed by atoms with E-state index in [2.05, 4.69) is 12.6 Å². The third-order valence-electron chi connectivity index (χ3n) is 2.71. The highest BCUT2D eigenvalue weighted by Gasteiger charge is 2.37. The average Bonchev–Trinajstić information content (AvgIpc) is 2.67. The summed E-state index contributed by atoms with van der Waals surface area (Å²) in [6.45, 7) is 1.72. The molecule has 0 nitrogen and oxygen atoms in total. The molecule has 0 atom stereocenters. The molecule has 18 heavy (non-hydrogen) atoms. The molecule has 0 saturated heterocycles. The summed E-state index contributed by atoms with van der Waals surface area (Å²) in [5.74, 6) is 0.326. The summed E-state index contributed by atoms with van der Waals surface area (Å²) < 4.78 is 39.1. The van der Waals surface area contributed by atoms with E-state index in [1.54, 1.807) is 37.3 Å². The molecule has 1 heterocycles. The van der Waals surface area contributed by atoms with Gasteiger partial charge in [-0.25, -0.2) is 0 Å². The maximum Gasteiger partial charge on any atom is 0.426 e. The van der Waals surface area contributed by atoms with Crippen LogP contribution in [0.4, 0.5) is 13.2 Å². The zero-order valence-corrected chi connectivity index (χ0v) is 11.3. The number of alkyl halides is 3. The van der Waals surface area contributed by atoms with Crippen LogP contribution in [0.2, 0.25) is 0 Å². The van der Waals surface area contributed by atoms with Crippen LogP contribution in [0, 0.1) is 6.92 Å². The van der Waals surface area contributed by atoms with Gasteiger partial charge >= 0.3 is 6.18 Å². The fourth-order valence-electron chi connectivity index (χ4n) is 1.86. The normalized spacial score (nSPS) is 11.8. The maximum absolute atomic E-state index is 13.0. The van der Waals surface area contributed by atoms with E-state index in [9.17, 15) is 13.2 Å². The minimum Gasteiger partial charge on any atom is -0.174 e. The Labute approximate surface area is 113 Å². The SMILES string of the molecule is Cc1c(CS)sc(C(F)(F)F)c1-c1ccccc1. The second-order valence-electron chi connectivity index (χ2n) is 3.88. The van der Waals surface area contributed by atoms with Crippen molar-refractivity contribution in [2.45, 2.75) is 18.9 Å². The molecule has 0 aliphatic rings. The summed E-state index contributed by atoms with van der Waals surface area (Å²) in [5.41, 5.74) is 1.57. The van der Waals surface area contributed by atoms with Gasteiger partial charge in [0.25, 0.3) is 0 Å². The van der Waals surface area contributed by atoms with Gasteiger partial charge in [-0.2, -0.15) is 25.8 Å². The Kier molecular flexibility index (Phi) is 3.73. The number of hydrogen-bond acceptors (Lipinski definition) is 2. The maximum atomic E-state index is 13.0. The van der Waals surface area contributed by atoms with Crippen molar-refractivity contribution >= 4 is 24.0 Å². The van der Waals surface area contributed by atoms with E-state index in [-0.39, 0.29) is 5.56 Å². The monoisotopic (exact) mass is 288 g/mol. The first kappa shape index (κ1) is 13.5. The lowest BCUT2D eigenvalue weighted by atomic mass is 10.0. The largest absolute Gasteiger partial charge is 0.426 e. The molecule has 0 aliphatic heterocycles. The van der Waals surface area contributed by atoms with Crippen LogP contribution >= 0.6 is 24.0 Å². The zero-order chi connectivity index (χ0) is 13.3. The lowest BCUT2D eigenvalue weighted by molar-refractivity contribution is -0.133. The fourth-order valence-corrected chi connectivity index (χ4v) is 3.35. The van der Waals surface area contributed by atoms with Gasteiger partial charge in [-0.3, -0.25) is 0 Å². The summed E-state index contributed by atoms with van der Waals surface area (Å²) in [6, 6.07) is 8.68. The Morgan fingerprint density at radius 3 is 2.28 bits per heavy atom. The molecule has 0 fully saturated rings. The minimum absolute atomic E-state index is 0.289. The molecule has 1 aromatic heterocycles. The highest BCUT2D eigenvalue weighted by atomic mass is 32.1. The Balaban J connectivity index is 2.69. The van der Waals surface area contributed by atoms with Crippen LogP contribution in [0.3, 0.4) is 0 Å². The van der Waals surface area contributed by atoms with Gasteiger partial charge in [0.15, 0.2) is 0 Å². The van der Waals surface area contributed by atoms with Crippen molar-refractivity contribution < 1.29 is 13.2 Å². The molecule has 96 valence electrons. The molecule has 1 aromatic carbocycles. The number of rotatable bonds is 2. The molecule has 0 saturated carbocycles. The van der Waals surface area contributed by atoms with Crippen molar-refractivity contribution in [1.29, 1.82) is 0 Å². The first-order valence-electron chi connectivity index (χ1n) is 5.31. The quantitative estimate of drug-likeness (QED) is 0.724. The Hall–Kier alpha value is -0.940. The third-order valence-corrected chi connectivity index (χ3v) is 4.58. The van der Waals surface area contributed by atoms with E-state index < -0.39 is 11.1 Å². The molecule has 0 N–H and O–H groups in total. The van der Waals surface area contributed by atoms with Crippen molar-refractivity contribution in [2.24, 2.45) is 0 Å². The summed E-state index contributed by atoms with van der Waals surface area (Å²) in [4.78, 5) is 0.139. The van der Waals surface area contributed by atoms with Gasteiger partial charge in [-0.1, -0.05) is 30.3 Å². The minimum atomic E-state index is -4.32. The van der Waals surface area contributed by atoms with Gasteiger partial charge in [0.1, 0.15) is 4.88 Å². The summed E-state index contributed by atoms with van der Waals surface area (Å²) in [6.07, 6.45) is -4.32. The number of halogens is 3. The average molecular weight is 288 g/mol. The van der Waals surface area contributed by atoms with Crippen LogP contribution < -0.4 is 0 Å². The van der Waals surface area contributed by atoms with Crippen molar-refractivity contribution in [3.63, 3.8) is 0 Å². The molecule has 0 unspecified atom stereocenters. The van der Waals surface area contributed by atoms with Crippen LogP contribution in [-0.4, -0.2) is 0 Å². The number of hydrogen-bond donors (Lipinski definition) is 1. The van der Waals surface area contributed by atoms with E-state index in [0.29, 0.717) is 21.8 Å². The Morgan fingerprint density at radius 2 is 1.78 bits per heavy atom. The van der Waals surface area contributed by atoms with E-state index in [1.165, 1.54) is 0 Å². The molecule has 0 aliphatic carbocycles. The van der Waals surface area contributed by atoms with E-state index >= 15 is 0 Å². The van der Waals surface area contributed by atoms with Gasteiger partial charge in [0.2, 0.25) is 0 Å². The summed E-state index contributed by atoms with van der Waals surface area (Å²) in [7, 11) is 0. The molecule has 2 aromatic rings. The van der Waals surface area contributed by atoms with Crippen LogP contribution in [0.25, 0.3) is 11.1 Å². The lowest BCUT2D eigenvalue weighted by Gasteiger charge is -2.08. The van der Waals surface area contributed by atoms with Crippen LogP contribution in [0.5, 0.6) is 0 Å².